The molecular formula is C22H23NO5. The Morgan fingerprint density at radius 3 is 2.14 bits per heavy atom. The fourth-order valence-electron chi connectivity index (χ4n) is 4.43. The van der Waals surface area contributed by atoms with Crippen LogP contribution in [0.2, 0.25) is 0 Å². The van der Waals surface area contributed by atoms with Gasteiger partial charge in [-0.1, -0.05) is 48.5 Å². The summed E-state index contributed by atoms with van der Waals surface area (Å²) in [4.78, 5) is 25.7. The van der Waals surface area contributed by atoms with Gasteiger partial charge in [0.25, 0.3) is 0 Å². The van der Waals surface area contributed by atoms with Gasteiger partial charge in [-0.3, -0.25) is 4.90 Å². The number of carboxylic acids is 1. The van der Waals surface area contributed by atoms with Gasteiger partial charge in [-0.05, 0) is 43.0 Å². The predicted octanol–water partition coefficient (Wildman–Crippen LogP) is 3.85. The van der Waals surface area contributed by atoms with Crippen molar-refractivity contribution in [3.63, 3.8) is 0 Å². The van der Waals surface area contributed by atoms with Crippen molar-refractivity contribution in [2.75, 3.05) is 6.61 Å². The fraction of sp³-hybridized carbons (Fsp3) is 0.364. The summed E-state index contributed by atoms with van der Waals surface area (Å²) in [5.41, 5.74) is 3.45. The lowest BCUT2D eigenvalue weighted by atomic mass is 9.98. The topological polar surface area (TPSA) is 76.1 Å². The van der Waals surface area contributed by atoms with Crippen LogP contribution in [-0.2, 0) is 14.3 Å². The van der Waals surface area contributed by atoms with E-state index >= 15 is 0 Å². The number of aliphatic carboxylic acids is 1. The molecule has 1 amide bonds. The van der Waals surface area contributed by atoms with E-state index in [0.717, 1.165) is 22.3 Å². The zero-order valence-corrected chi connectivity index (χ0v) is 16.1. The van der Waals surface area contributed by atoms with E-state index in [4.69, 9.17) is 9.47 Å². The lowest BCUT2D eigenvalue weighted by Gasteiger charge is -2.31. The van der Waals surface area contributed by atoms with Crippen molar-refractivity contribution < 1.29 is 24.2 Å². The van der Waals surface area contributed by atoms with Crippen LogP contribution in [-0.4, -0.2) is 46.5 Å². The van der Waals surface area contributed by atoms with Crippen LogP contribution in [0.5, 0.6) is 0 Å². The monoisotopic (exact) mass is 381 g/mol. The Bertz CT molecular complexity index is 893. The highest BCUT2D eigenvalue weighted by molar-refractivity contribution is 5.82. The van der Waals surface area contributed by atoms with Crippen molar-refractivity contribution in [2.45, 2.75) is 44.6 Å². The molecule has 2 aliphatic rings. The normalized spacial score (nSPS) is 22.6. The van der Waals surface area contributed by atoms with Crippen LogP contribution in [0.15, 0.2) is 48.5 Å². The lowest BCUT2D eigenvalue weighted by Crippen LogP contribution is -2.51. The molecule has 2 aromatic rings. The van der Waals surface area contributed by atoms with Crippen molar-refractivity contribution in [2.24, 2.45) is 0 Å². The first-order chi connectivity index (χ1) is 13.3. The molecule has 0 spiro atoms. The average Bonchev–Trinajstić information content (AvgIpc) is 3.10. The molecule has 6 heteroatoms. The average molecular weight is 381 g/mol. The number of benzene rings is 2. The Kier molecular flexibility index (Phi) is 4.38. The van der Waals surface area contributed by atoms with E-state index in [-0.39, 0.29) is 12.5 Å². The largest absolute Gasteiger partial charge is 0.480 e. The first-order valence-corrected chi connectivity index (χ1v) is 9.36. The van der Waals surface area contributed by atoms with Crippen LogP contribution >= 0.6 is 0 Å². The SMILES string of the molecule is CC1OC(C)(C)N(C(=O)OCC2c3ccccc3-c3ccccc32)C1C(=O)O. The molecule has 0 bridgehead atoms. The fourth-order valence-corrected chi connectivity index (χ4v) is 4.43. The van der Waals surface area contributed by atoms with E-state index in [1.807, 2.05) is 36.4 Å². The molecule has 1 N–H and O–H groups in total. The van der Waals surface area contributed by atoms with Crippen LogP contribution in [0.1, 0.15) is 37.8 Å². The second-order valence-electron chi connectivity index (χ2n) is 7.73. The standard InChI is InChI=1S/C22H23NO5/c1-13-19(20(24)25)23(22(2,3)28-13)21(26)27-12-18-16-10-6-4-8-14(16)15-9-5-7-11-17(15)18/h4-11,13,18-19H,12H2,1-3H3,(H,24,25). The highest BCUT2D eigenvalue weighted by atomic mass is 16.6. The molecule has 28 heavy (non-hydrogen) atoms. The molecule has 0 aromatic heterocycles. The second kappa shape index (κ2) is 6.63. The van der Waals surface area contributed by atoms with Crippen molar-refractivity contribution in [3.05, 3.63) is 59.7 Å². The number of ether oxygens (including phenoxy) is 2. The summed E-state index contributed by atoms with van der Waals surface area (Å²) in [5.74, 6) is -1.18. The van der Waals surface area contributed by atoms with Gasteiger partial charge in [0.15, 0.2) is 6.04 Å². The van der Waals surface area contributed by atoms with E-state index in [1.165, 1.54) is 4.90 Å². The van der Waals surface area contributed by atoms with Crippen molar-refractivity contribution in [1.29, 1.82) is 0 Å². The molecule has 2 atom stereocenters. The molecule has 1 aliphatic heterocycles. The van der Waals surface area contributed by atoms with Crippen molar-refractivity contribution in [3.8, 4) is 11.1 Å². The Hall–Kier alpha value is -2.86. The smallest absolute Gasteiger partial charge is 0.412 e. The zero-order chi connectivity index (χ0) is 20.1. The minimum absolute atomic E-state index is 0.0799. The van der Waals surface area contributed by atoms with Crippen LogP contribution in [0, 0.1) is 0 Å². The molecule has 4 rings (SSSR count). The number of fused-ring (bicyclic) bond motifs is 3. The highest BCUT2D eigenvalue weighted by Crippen LogP contribution is 2.44. The molecule has 1 heterocycles. The van der Waals surface area contributed by atoms with E-state index in [9.17, 15) is 14.7 Å². The van der Waals surface area contributed by atoms with Gasteiger partial charge in [0, 0.05) is 5.92 Å². The molecule has 1 aliphatic carbocycles. The number of hydrogen-bond acceptors (Lipinski definition) is 4. The van der Waals surface area contributed by atoms with Crippen LogP contribution in [0.3, 0.4) is 0 Å². The molecule has 6 nitrogen and oxygen atoms in total. The molecular weight excluding hydrogens is 358 g/mol. The third-order valence-corrected chi connectivity index (χ3v) is 5.56. The maximum Gasteiger partial charge on any atom is 0.412 e. The summed E-state index contributed by atoms with van der Waals surface area (Å²) in [6.45, 7) is 5.14. The van der Waals surface area contributed by atoms with Gasteiger partial charge in [0.1, 0.15) is 12.3 Å². The van der Waals surface area contributed by atoms with E-state index in [1.54, 1.807) is 20.8 Å². The van der Waals surface area contributed by atoms with Gasteiger partial charge in [0.05, 0.1) is 6.10 Å². The lowest BCUT2D eigenvalue weighted by molar-refractivity contribution is -0.143. The first kappa shape index (κ1) is 18.5. The Morgan fingerprint density at radius 2 is 1.61 bits per heavy atom. The number of carboxylic acid groups (broad SMARTS) is 1. The number of carbonyl (C=O) groups excluding carboxylic acids is 1. The maximum atomic E-state index is 12.9. The summed E-state index contributed by atoms with van der Waals surface area (Å²) < 4.78 is 11.3. The van der Waals surface area contributed by atoms with E-state index < -0.39 is 29.9 Å². The molecule has 1 saturated heterocycles. The summed E-state index contributed by atoms with van der Waals surface area (Å²) in [6, 6.07) is 15.1. The molecule has 2 unspecified atom stereocenters. The quantitative estimate of drug-likeness (QED) is 0.874. The van der Waals surface area contributed by atoms with Gasteiger partial charge in [-0.15, -0.1) is 0 Å². The molecule has 0 radical (unpaired) electrons. The minimum atomic E-state index is -1.11. The van der Waals surface area contributed by atoms with Gasteiger partial charge in [-0.2, -0.15) is 0 Å². The van der Waals surface area contributed by atoms with Crippen LogP contribution < -0.4 is 0 Å². The maximum absolute atomic E-state index is 12.9. The van der Waals surface area contributed by atoms with Crippen molar-refractivity contribution >= 4 is 12.1 Å². The number of hydrogen-bond donors (Lipinski definition) is 1. The van der Waals surface area contributed by atoms with Gasteiger partial charge in [0.2, 0.25) is 0 Å². The molecule has 146 valence electrons. The predicted molar refractivity (Wildman–Crippen MR) is 103 cm³/mol. The second-order valence-corrected chi connectivity index (χ2v) is 7.73. The molecule has 1 fully saturated rings. The highest BCUT2D eigenvalue weighted by Gasteiger charge is 2.52. The summed E-state index contributed by atoms with van der Waals surface area (Å²) in [7, 11) is 0. The van der Waals surface area contributed by atoms with Crippen LogP contribution in [0.25, 0.3) is 11.1 Å². The minimum Gasteiger partial charge on any atom is -0.480 e. The Balaban J connectivity index is 1.58. The Labute approximate surface area is 163 Å². The number of nitrogens with zero attached hydrogens (tertiary/aromatic N) is 1. The number of rotatable bonds is 3. The third-order valence-electron chi connectivity index (χ3n) is 5.56. The van der Waals surface area contributed by atoms with Crippen LogP contribution in [0.4, 0.5) is 4.79 Å². The van der Waals surface area contributed by atoms with Gasteiger partial charge >= 0.3 is 12.1 Å². The van der Waals surface area contributed by atoms with E-state index in [2.05, 4.69) is 12.1 Å². The number of carbonyl (C=O) groups is 2. The molecule has 0 saturated carbocycles. The zero-order valence-electron chi connectivity index (χ0n) is 16.1. The molecule has 2 aromatic carbocycles. The van der Waals surface area contributed by atoms with Gasteiger partial charge < -0.3 is 14.6 Å². The summed E-state index contributed by atoms with van der Waals surface area (Å²) >= 11 is 0. The summed E-state index contributed by atoms with van der Waals surface area (Å²) in [5, 5.41) is 9.55. The number of amides is 1. The first-order valence-electron chi connectivity index (χ1n) is 9.36. The Morgan fingerprint density at radius 1 is 1.07 bits per heavy atom. The third kappa shape index (κ3) is 2.85. The van der Waals surface area contributed by atoms with Gasteiger partial charge in [-0.25, -0.2) is 9.59 Å². The van der Waals surface area contributed by atoms with Crippen molar-refractivity contribution in [1.82, 2.24) is 4.90 Å². The van der Waals surface area contributed by atoms with E-state index in [0.29, 0.717) is 0 Å². The summed E-state index contributed by atoms with van der Waals surface area (Å²) in [6.07, 6.45) is -1.29.